The van der Waals surface area contributed by atoms with Crippen molar-refractivity contribution in [2.24, 2.45) is 17.6 Å². The van der Waals surface area contributed by atoms with Gasteiger partial charge in [0.15, 0.2) is 0 Å². The van der Waals surface area contributed by atoms with E-state index in [1.165, 1.54) is 0 Å². The molecule has 0 bridgehead atoms. The molecule has 0 saturated carbocycles. The summed E-state index contributed by atoms with van der Waals surface area (Å²) in [4.78, 5) is 94.9. The minimum absolute atomic E-state index is 0.0263. The molecule has 1 aliphatic rings. The highest BCUT2D eigenvalue weighted by atomic mass is 33.1. The summed E-state index contributed by atoms with van der Waals surface area (Å²) in [6.45, 7) is 7.45. The Hall–Kier alpha value is -4.29. The molecule has 1 saturated heterocycles. The van der Waals surface area contributed by atoms with Gasteiger partial charge in [-0.25, -0.2) is 4.79 Å². The lowest BCUT2D eigenvalue weighted by Gasteiger charge is -2.28. The largest absolute Gasteiger partial charge is 0.481 e. The summed E-state index contributed by atoms with van der Waals surface area (Å²) in [5.74, 6) is -6.55. The van der Waals surface area contributed by atoms with E-state index in [4.69, 9.17) is 5.73 Å². The lowest BCUT2D eigenvalue weighted by atomic mass is 9.98. The van der Waals surface area contributed by atoms with Gasteiger partial charge in [-0.1, -0.05) is 67.5 Å². The van der Waals surface area contributed by atoms with E-state index in [2.05, 4.69) is 31.6 Å². The van der Waals surface area contributed by atoms with Crippen LogP contribution in [0.2, 0.25) is 0 Å². The van der Waals surface area contributed by atoms with Gasteiger partial charge in [0.25, 0.3) is 0 Å². The minimum Gasteiger partial charge on any atom is -0.481 e. The fraction of sp³-hybridized carbons (Fsp3) is 0.559. The first-order chi connectivity index (χ1) is 24.5. The summed E-state index contributed by atoms with van der Waals surface area (Å²) >= 11 is 0. The third kappa shape index (κ3) is 13.0. The number of amides is 5. The molecule has 2 aromatic rings. The highest BCUT2D eigenvalue weighted by Crippen LogP contribution is 2.23. The first kappa shape index (κ1) is 42.1. The zero-order chi connectivity index (χ0) is 38.5. The Morgan fingerprint density at radius 2 is 1.27 bits per heavy atom. The third-order valence-electron chi connectivity index (χ3n) is 8.21. The topological polar surface area (TPSA) is 262 Å². The molecular formula is C34H49N7O9S2. The van der Waals surface area contributed by atoms with Crippen LogP contribution in [0.1, 0.15) is 58.9 Å². The molecule has 18 heteroatoms. The number of benzene rings is 1. The summed E-state index contributed by atoms with van der Waals surface area (Å²) < 4.78 is 0. The number of aromatic nitrogens is 1. The highest BCUT2D eigenvalue weighted by molar-refractivity contribution is 8.76. The molecule has 1 aromatic heterocycles. The standard InChI is InChI=1S/C34H49N7O9S2/c1-17(2)11-24-31(46)39-25(12-18(3)4)32(47)40-26(13-19-14-36-22-8-6-5-7-20(19)22)33(48)37-23(9-10-28(42)43)30(45)41-27(34(49)50)16-52-51-15-21(35)29(44)38-24/h5-8,14,17-18,21,23-27,36H,9-13,15-16,35H2,1-4H3,(H,37,48)(H,38,44)(H,39,46)(H,40,47)(H,41,45)(H,42,43)(H,49,50). The van der Waals surface area contributed by atoms with Gasteiger partial charge in [0, 0.05) is 41.4 Å². The molecule has 1 aliphatic heterocycles. The van der Waals surface area contributed by atoms with Gasteiger partial charge in [-0.15, -0.1) is 0 Å². The third-order valence-corrected chi connectivity index (χ3v) is 10.7. The Kier molecular flexibility index (Phi) is 16.3. The fourth-order valence-corrected chi connectivity index (χ4v) is 7.81. The molecule has 2 heterocycles. The Morgan fingerprint density at radius 1 is 0.750 bits per heavy atom. The molecule has 5 amide bonds. The van der Waals surface area contributed by atoms with Crippen LogP contribution in [-0.2, 0) is 40.0 Å². The molecule has 3 rings (SSSR count). The molecule has 10 N–H and O–H groups in total. The summed E-state index contributed by atoms with van der Waals surface area (Å²) in [5.41, 5.74) is 7.54. The zero-order valence-electron chi connectivity index (χ0n) is 29.6. The highest BCUT2D eigenvalue weighted by Gasteiger charge is 2.34. The van der Waals surface area contributed by atoms with Gasteiger partial charge in [0.1, 0.15) is 30.2 Å². The summed E-state index contributed by atoms with van der Waals surface area (Å²) in [7, 11) is 2.13. The molecule has 0 radical (unpaired) electrons. The van der Waals surface area contributed by atoms with Gasteiger partial charge in [-0.3, -0.25) is 28.8 Å². The second-order valence-corrected chi connectivity index (χ2v) is 16.1. The van der Waals surface area contributed by atoms with Crippen molar-refractivity contribution in [3.05, 3.63) is 36.0 Å². The summed E-state index contributed by atoms with van der Waals surface area (Å²) in [6.07, 6.45) is 1.13. The number of rotatable bonds is 10. The molecule has 1 aromatic carbocycles. The maximum absolute atomic E-state index is 14.0. The number of aromatic amines is 1. The number of hydrogen-bond donors (Lipinski definition) is 9. The first-order valence-corrected chi connectivity index (χ1v) is 19.6. The van der Waals surface area contributed by atoms with Crippen LogP contribution in [0.3, 0.4) is 0 Å². The summed E-state index contributed by atoms with van der Waals surface area (Å²) in [5, 5.41) is 33.1. The number of nitrogens with two attached hydrogens (primary N) is 1. The van der Waals surface area contributed by atoms with Crippen LogP contribution < -0.4 is 32.3 Å². The van der Waals surface area contributed by atoms with Crippen molar-refractivity contribution in [3.8, 4) is 0 Å². The van der Waals surface area contributed by atoms with Crippen molar-refractivity contribution in [2.75, 3.05) is 11.5 Å². The number of hydrogen-bond acceptors (Lipinski definition) is 10. The molecule has 0 spiro atoms. The lowest BCUT2D eigenvalue weighted by Crippen LogP contribution is -2.60. The van der Waals surface area contributed by atoms with Crippen LogP contribution in [0.15, 0.2) is 30.5 Å². The lowest BCUT2D eigenvalue weighted by molar-refractivity contribution is -0.142. The SMILES string of the molecule is CC(C)CC1NC(=O)C(N)CSSCC(C(=O)O)NC(=O)C(CCC(=O)O)NC(=O)C(Cc2c[nH]c3ccccc23)NC(=O)C(CC(C)C)NC1=O. The fourth-order valence-electron chi connectivity index (χ4n) is 5.53. The first-order valence-electron chi connectivity index (χ1n) is 17.1. The van der Waals surface area contributed by atoms with Crippen molar-refractivity contribution >= 4 is 74.0 Å². The van der Waals surface area contributed by atoms with Gasteiger partial charge in [0.2, 0.25) is 29.5 Å². The Labute approximate surface area is 309 Å². The van der Waals surface area contributed by atoms with Crippen molar-refractivity contribution < 1.29 is 43.8 Å². The number of aliphatic carboxylic acids is 2. The zero-order valence-corrected chi connectivity index (χ0v) is 31.2. The van der Waals surface area contributed by atoms with E-state index >= 15 is 0 Å². The van der Waals surface area contributed by atoms with Crippen molar-refractivity contribution in [2.45, 2.75) is 96.1 Å². The second kappa shape index (κ2) is 20.1. The van der Waals surface area contributed by atoms with E-state index in [0.29, 0.717) is 5.56 Å². The Balaban J connectivity index is 2.06. The Bertz CT molecular complexity index is 1600. The average molecular weight is 764 g/mol. The van der Waals surface area contributed by atoms with E-state index in [1.807, 2.05) is 52.0 Å². The van der Waals surface area contributed by atoms with Crippen LogP contribution in [-0.4, -0.2) is 104 Å². The van der Waals surface area contributed by atoms with Crippen molar-refractivity contribution in [1.82, 2.24) is 31.6 Å². The molecule has 6 atom stereocenters. The predicted octanol–water partition coefficient (Wildman–Crippen LogP) is 0.898. The smallest absolute Gasteiger partial charge is 0.327 e. The van der Waals surface area contributed by atoms with Gasteiger partial charge >= 0.3 is 11.9 Å². The average Bonchev–Trinajstić information content (AvgIpc) is 3.48. The predicted molar refractivity (Wildman–Crippen MR) is 198 cm³/mol. The monoisotopic (exact) mass is 763 g/mol. The van der Waals surface area contributed by atoms with Gasteiger partial charge in [-0.2, -0.15) is 0 Å². The van der Waals surface area contributed by atoms with Crippen LogP contribution in [0, 0.1) is 11.8 Å². The molecule has 1 fully saturated rings. The molecular weight excluding hydrogens is 715 g/mol. The maximum Gasteiger partial charge on any atom is 0.327 e. The molecule has 6 unspecified atom stereocenters. The number of carboxylic acid groups (broad SMARTS) is 2. The Morgan fingerprint density at radius 3 is 1.87 bits per heavy atom. The molecule has 0 aliphatic carbocycles. The van der Waals surface area contributed by atoms with Crippen LogP contribution in [0.25, 0.3) is 10.9 Å². The van der Waals surface area contributed by atoms with Gasteiger partial charge in [-0.05, 0) is 42.7 Å². The number of carbonyl (C=O) groups excluding carboxylic acids is 5. The van der Waals surface area contributed by atoms with E-state index < -0.39 is 84.1 Å². The minimum atomic E-state index is -1.48. The quantitative estimate of drug-likeness (QED) is 0.153. The van der Waals surface area contributed by atoms with Crippen LogP contribution in [0.5, 0.6) is 0 Å². The number of para-hydroxylation sites is 1. The van der Waals surface area contributed by atoms with E-state index in [0.717, 1.165) is 32.5 Å². The maximum atomic E-state index is 14.0. The summed E-state index contributed by atoms with van der Waals surface area (Å²) in [6, 6.07) is -0.181. The number of nitrogens with one attached hydrogen (secondary N) is 6. The van der Waals surface area contributed by atoms with Crippen molar-refractivity contribution in [1.29, 1.82) is 0 Å². The normalized spacial score (nSPS) is 24.8. The number of carbonyl (C=O) groups is 7. The van der Waals surface area contributed by atoms with E-state index in [9.17, 15) is 43.8 Å². The van der Waals surface area contributed by atoms with Crippen LogP contribution in [0.4, 0.5) is 0 Å². The molecule has 286 valence electrons. The van der Waals surface area contributed by atoms with Crippen LogP contribution >= 0.6 is 21.6 Å². The molecule has 16 nitrogen and oxygen atoms in total. The molecule has 52 heavy (non-hydrogen) atoms. The number of fused-ring (bicyclic) bond motifs is 1. The van der Waals surface area contributed by atoms with Gasteiger partial charge in [0.05, 0.1) is 6.04 Å². The van der Waals surface area contributed by atoms with E-state index in [1.54, 1.807) is 6.20 Å². The number of carboxylic acids is 2. The second-order valence-electron chi connectivity index (χ2n) is 13.6. The van der Waals surface area contributed by atoms with Crippen molar-refractivity contribution in [3.63, 3.8) is 0 Å². The van der Waals surface area contributed by atoms with Gasteiger partial charge < -0.3 is 47.5 Å². The number of H-pyrrole nitrogens is 1. The van der Waals surface area contributed by atoms with E-state index in [-0.39, 0.29) is 49.0 Å².